The van der Waals surface area contributed by atoms with Crippen LogP contribution in [-0.2, 0) is 38.0 Å². The summed E-state index contributed by atoms with van der Waals surface area (Å²) in [5, 5.41) is 19.9. The molecule has 0 radical (unpaired) electrons. The van der Waals surface area contributed by atoms with Gasteiger partial charge in [-0.1, -0.05) is 0 Å². The van der Waals surface area contributed by atoms with E-state index in [9.17, 15) is 20.1 Å². The molecule has 1 saturated heterocycles. The fourth-order valence-electron chi connectivity index (χ4n) is 4.71. The molecule has 0 amide bonds. The lowest BCUT2D eigenvalue weighted by atomic mass is 9.51. The van der Waals surface area contributed by atoms with Gasteiger partial charge in [0, 0.05) is 18.8 Å². The van der Waals surface area contributed by atoms with Gasteiger partial charge >= 0.3 is 11.9 Å². The van der Waals surface area contributed by atoms with Gasteiger partial charge in [0.15, 0.2) is 17.7 Å². The summed E-state index contributed by atoms with van der Waals surface area (Å²) in [4.78, 5) is 26.4. The van der Waals surface area contributed by atoms with Gasteiger partial charge in [-0.25, -0.2) is 4.79 Å². The number of esters is 2. The number of fused-ring (bicyclic) bond motifs is 1. The number of carbonyl (C=O) groups excluding carboxylic acids is 2. The first-order valence-electron chi connectivity index (χ1n) is 10.6. The number of nitrogens with zero attached hydrogens (tertiary/aromatic N) is 2. The molecule has 10 nitrogen and oxygen atoms in total. The maximum Gasteiger partial charge on any atom is 0.334 e. The second-order valence-corrected chi connectivity index (χ2v) is 7.31. The highest BCUT2D eigenvalue weighted by atomic mass is 16.7. The third-order valence-electron chi connectivity index (χ3n) is 5.80. The first-order valence-corrected chi connectivity index (χ1v) is 10.6. The number of ether oxygens (including phenoxy) is 6. The van der Waals surface area contributed by atoms with Crippen molar-refractivity contribution in [2.24, 2.45) is 17.3 Å². The smallest absolute Gasteiger partial charge is 0.334 e. The second kappa shape index (κ2) is 9.29. The van der Waals surface area contributed by atoms with Crippen LogP contribution in [0.15, 0.2) is 23.5 Å². The van der Waals surface area contributed by atoms with Gasteiger partial charge < -0.3 is 28.4 Å². The third kappa shape index (κ3) is 3.36. The van der Waals surface area contributed by atoms with Crippen molar-refractivity contribution in [3.05, 3.63) is 23.5 Å². The van der Waals surface area contributed by atoms with E-state index in [1.807, 2.05) is 6.07 Å². The van der Waals surface area contributed by atoms with Crippen molar-refractivity contribution in [3.8, 4) is 12.1 Å². The molecule has 0 aromatic rings. The molecule has 4 aliphatic rings. The van der Waals surface area contributed by atoms with E-state index in [0.717, 1.165) is 0 Å². The highest BCUT2D eigenvalue weighted by Crippen LogP contribution is 2.62. The molecule has 3 heterocycles. The minimum absolute atomic E-state index is 0.0265. The van der Waals surface area contributed by atoms with E-state index in [1.54, 1.807) is 27.7 Å². The molecule has 4 rings (SSSR count). The van der Waals surface area contributed by atoms with Crippen LogP contribution in [0.1, 0.15) is 27.7 Å². The largest absolute Gasteiger partial charge is 0.465 e. The van der Waals surface area contributed by atoms with E-state index < -0.39 is 47.4 Å². The van der Waals surface area contributed by atoms with E-state index in [0.29, 0.717) is 0 Å². The van der Waals surface area contributed by atoms with Gasteiger partial charge in [0.25, 0.3) is 0 Å². The number of rotatable bonds is 8. The summed E-state index contributed by atoms with van der Waals surface area (Å²) in [6, 6.07) is 3.94. The molecule has 32 heavy (non-hydrogen) atoms. The third-order valence-corrected chi connectivity index (χ3v) is 5.80. The van der Waals surface area contributed by atoms with Crippen LogP contribution >= 0.6 is 0 Å². The lowest BCUT2D eigenvalue weighted by Gasteiger charge is -2.60. The Bertz CT molecular complexity index is 916. The summed E-state index contributed by atoms with van der Waals surface area (Å²) in [5.41, 5.74) is -3.71. The maximum absolute atomic E-state index is 13.5. The van der Waals surface area contributed by atoms with Crippen molar-refractivity contribution in [3.63, 3.8) is 0 Å². The van der Waals surface area contributed by atoms with Crippen molar-refractivity contribution in [1.82, 2.24) is 0 Å². The van der Waals surface area contributed by atoms with Crippen molar-refractivity contribution >= 4 is 11.9 Å². The minimum Gasteiger partial charge on any atom is -0.465 e. The number of carbonyl (C=O) groups is 2. The molecule has 172 valence electrons. The van der Waals surface area contributed by atoms with Crippen LogP contribution < -0.4 is 0 Å². The molecule has 10 heteroatoms. The van der Waals surface area contributed by atoms with E-state index in [2.05, 4.69) is 6.07 Å². The number of hydrogen-bond acceptors (Lipinski definition) is 10. The summed E-state index contributed by atoms with van der Waals surface area (Å²) >= 11 is 0. The molecule has 1 fully saturated rings. The van der Waals surface area contributed by atoms with Gasteiger partial charge in [-0.2, -0.15) is 10.5 Å². The average Bonchev–Trinajstić information content (AvgIpc) is 2.79. The van der Waals surface area contributed by atoms with E-state index in [-0.39, 0.29) is 37.8 Å². The molecular weight excluding hydrogens is 420 g/mol. The van der Waals surface area contributed by atoms with Crippen LogP contribution in [-0.4, -0.2) is 56.5 Å². The summed E-state index contributed by atoms with van der Waals surface area (Å²) in [5.74, 6) is -3.51. The normalized spacial score (nSPS) is 34.7. The summed E-state index contributed by atoms with van der Waals surface area (Å²) in [6.45, 7) is 7.29. The van der Waals surface area contributed by atoms with Gasteiger partial charge in [-0.05, 0) is 39.8 Å². The van der Waals surface area contributed by atoms with Gasteiger partial charge in [0.05, 0.1) is 25.0 Å². The predicted molar refractivity (Wildman–Crippen MR) is 106 cm³/mol. The number of nitriles is 2. The molecule has 0 saturated carbocycles. The van der Waals surface area contributed by atoms with Crippen molar-refractivity contribution in [2.75, 3.05) is 26.4 Å². The van der Waals surface area contributed by atoms with E-state index in [1.165, 1.54) is 12.2 Å². The highest BCUT2D eigenvalue weighted by molar-refractivity contribution is 5.93. The fourth-order valence-corrected chi connectivity index (χ4v) is 4.71. The number of allylic oxidation sites excluding steroid dienone is 1. The zero-order chi connectivity index (χ0) is 23.5. The first-order chi connectivity index (χ1) is 15.4. The molecule has 2 bridgehead atoms. The molecule has 0 spiro atoms. The Morgan fingerprint density at radius 3 is 2.22 bits per heavy atom. The zero-order valence-corrected chi connectivity index (χ0v) is 18.5. The standard InChI is InChI=1S/C22H26N2O8/c1-5-27-17(25)14-10-21(12-24)22(20(26)30-8-4)9-13(11-23)31-19(29-7-3)16(22)15(14)18(32-21)28-6-2/h9-10,15-16,18-19H,5-8H2,1-4H3/t15-,16+,18+,19+,21+,22+/m1/s1. The lowest BCUT2D eigenvalue weighted by molar-refractivity contribution is -0.321. The van der Waals surface area contributed by atoms with Crippen molar-refractivity contribution in [2.45, 2.75) is 45.9 Å². The van der Waals surface area contributed by atoms with Crippen LogP contribution in [0.5, 0.6) is 0 Å². The van der Waals surface area contributed by atoms with Crippen LogP contribution in [0, 0.1) is 39.9 Å². The molecule has 0 aromatic carbocycles. The molecule has 6 atom stereocenters. The first kappa shape index (κ1) is 23.7. The van der Waals surface area contributed by atoms with Crippen molar-refractivity contribution < 1.29 is 38.0 Å². The van der Waals surface area contributed by atoms with Crippen LogP contribution in [0.2, 0.25) is 0 Å². The van der Waals surface area contributed by atoms with Crippen molar-refractivity contribution in [1.29, 1.82) is 10.5 Å². The summed E-state index contributed by atoms with van der Waals surface area (Å²) in [7, 11) is 0. The summed E-state index contributed by atoms with van der Waals surface area (Å²) < 4.78 is 33.9. The molecule has 1 aliphatic carbocycles. The quantitative estimate of drug-likeness (QED) is 0.507. The maximum atomic E-state index is 13.5. The molecule has 3 aliphatic heterocycles. The fraction of sp³-hybridized carbons (Fsp3) is 0.636. The van der Waals surface area contributed by atoms with E-state index in [4.69, 9.17) is 28.4 Å². The Morgan fingerprint density at radius 2 is 1.66 bits per heavy atom. The Labute approximate surface area is 186 Å². The number of hydrogen-bond donors (Lipinski definition) is 0. The zero-order valence-electron chi connectivity index (χ0n) is 18.5. The SMILES string of the molecule is CCOC(=O)C1=C[C@@]2(C#N)O[C@H](OCC)[C@H]1[C@H]1[C@@H](OCC)OC(C#N)=C[C@@]12C(=O)OCC. The monoisotopic (exact) mass is 446 g/mol. The van der Waals surface area contributed by atoms with Gasteiger partial charge in [-0.15, -0.1) is 0 Å². The van der Waals surface area contributed by atoms with Crippen LogP contribution in [0.25, 0.3) is 0 Å². The van der Waals surface area contributed by atoms with E-state index >= 15 is 0 Å². The molecule has 0 N–H and O–H groups in total. The Hall–Kier alpha value is -2.92. The average molecular weight is 446 g/mol. The minimum atomic E-state index is -2.03. The van der Waals surface area contributed by atoms with Gasteiger partial charge in [-0.3, -0.25) is 4.79 Å². The predicted octanol–water partition coefficient (Wildman–Crippen LogP) is 1.73. The molecule has 0 unspecified atom stereocenters. The Balaban J connectivity index is 2.36. The van der Waals surface area contributed by atoms with Gasteiger partial charge in [0.1, 0.15) is 17.6 Å². The molecular formula is C22H26N2O8. The van der Waals surface area contributed by atoms with Crippen LogP contribution in [0.3, 0.4) is 0 Å². The molecule has 0 aromatic heterocycles. The Kier molecular flexibility index (Phi) is 6.89. The topological polar surface area (TPSA) is 137 Å². The Morgan fingerprint density at radius 1 is 1.00 bits per heavy atom. The highest BCUT2D eigenvalue weighted by Gasteiger charge is 2.76. The van der Waals surface area contributed by atoms with Crippen LogP contribution in [0.4, 0.5) is 0 Å². The van der Waals surface area contributed by atoms with Gasteiger partial charge in [0.2, 0.25) is 6.29 Å². The lowest BCUT2D eigenvalue weighted by Crippen LogP contribution is -2.72. The second-order valence-electron chi connectivity index (χ2n) is 7.31. The summed E-state index contributed by atoms with van der Waals surface area (Å²) in [6.07, 6.45) is 0.340.